The van der Waals surface area contributed by atoms with Gasteiger partial charge < -0.3 is 0 Å². The van der Waals surface area contributed by atoms with Crippen LogP contribution in [0.1, 0.15) is 12.6 Å². The number of H-pyrrole nitrogens is 1. The first-order valence-corrected chi connectivity index (χ1v) is 6.98. The zero-order valence-corrected chi connectivity index (χ0v) is 11.3. The van der Waals surface area contributed by atoms with Crippen LogP contribution in [-0.2, 0) is 6.42 Å². The number of nitrogens with one attached hydrogen (secondary N) is 1. The summed E-state index contributed by atoms with van der Waals surface area (Å²) in [5.74, 6) is -0.209. The highest BCUT2D eigenvalue weighted by molar-refractivity contribution is 7.99. The lowest BCUT2D eigenvalue weighted by Crippen LogP contribution is -1.79. The molecule has 0 radical (unpaired) electrons. The predicted octanol–water partition coefficient (Wildman–Crippen LogP) is 4.42. The highest BCUT2D eigenvalue weighted by atomic mass is 32.2. The van der Waals surface area contributed by atoms with Crippen LogP contribution in [0.15, 0.2) is 52.3 Å². The Kier molecular flexibility index (Phi) is 3.25. The third kappa shape index (κ3) is 2.49. The van der Waals surface area contributed by atoms with Crippen molar-refractivity contribution in [3.8, 4) is 0 Å². The topological polar surface area (TPSA) is 28.7 Å². The number of fused-ring (bicyclic) bond motifs is 1. The summed E-state index contributed by atoms with van der Waals surface area (Å²) in [7, 11) is 0. The van der Waals surface area contributed by atoms with Crippen LogP contribution in [0, 0.1) is 5.82 Å². The van der Waals surface area contributed by atoms with E-state index in [2.05, 4.69) is 35.3 Å². The van der Waals surface area contributed by atoms with Gasteiger partial charge in [0.15, 0.2) is 0 Å². The maximum Gasteiger partial charge on any atom is 0.123 e. The molecule has 3 rings (SSSR count). The predicted molar refractivity (Wildman–Crippen MR) is 76.0 cm³/mol. The number of aromatic nitrogens is 2. The first-order valence-electron chi connectivity index (χ1n) is 6.16. The summed E-state index contributed by atoms with van der Waals surface area (Å²) in [5, 5.41) is 8.53. The van der Waals surface area contributed by atoms with E-state index in [1.807, 2.05) is 0 Å². The molecule has 1 N–H and O–H groups in total. The van der Waals surface area contributed by atoms with Crippen molar-refractivity contribution in [3.63, 3.8) is 0 Å². The third-order valence-corrected chi connectivity index (χ3v) is 4.01. The molecule has 0 aliphatic heterocycles. The number of aromatic amines is 1. The molecule has 0 aliphatic rings. The van der Waals surface area contributed by atoms with Crippen LogP contribution >= 0.6 is 11.8 Å². The molecular weight excluding hydrogens is 259 g/mol. The Bertz CT molecular complexity index is 704. The molecule has 0 fully saturated rings. The number of hydrogen-bond donors (Lipinski definition) is 1. The molecule has 0 saturated carbocycles. The maximum atomic E-state index is 12.9. The molecule has 0 amide bonds. The van der Waals surface area contributed by atoms with Gasteiger partial charge in [-0.25, -0.2) is 4.39 Å². The molecule has 96 valence electrons. The van der Waals surface area contributed by atoms with E-state index in [4.69, 9.17) is 0 Å². The molecule has 2 aromatic carbocycles. The van der Waals surface area contributed by atoms with Gasteiger partial charge in [0.1, 0.15) is 5.82 Å². The smallest absolute Gasteiger partial charge is 0.123 e. The number of benzene rings is 2. The first-order chi connectivity index (χ1) is 9.26. The van der Waals surface area contributed by atoms with Crippen LogP contribution in [0.4, 0.5) is 4.39 Å². The molecule has 2 nitrogen and oxygen atoms in total. The average Bonchev–Trinajstić information content (AvgIpc) is 2.83. The SMILES string of the molecule is CCc1[nH]nc2cc(Sc3ccc(F)cc3)ccc12. The Morgan fingerprint density at radius 2 is 1.84 bits per heavy atom. The van der Waals surface area contributed by atoms with Crippen LogP contribution in [0.5, 0.6) is 0 Å². The van der Waals surface area contributed by atoms with E-state index in [0.29, 0.717) is 0 Å². The van der Waals surface area contributed by atoms with Crippen LogP contribution in [0.3, 0.4) is 0 Å². The van der Waals surface area contributed by atoms with Crippen molar-refractivity contribution in [2.24, 2.45) is 0 Å². The molecule has 1 heterocycles. The Morgan fingerprint density at radius 1 is 1.11 bits per heavy atom. The number of rotatable bonds is 3. The van der Waals surface area contributed by atoms with E-state index in [1.54, 1.807) is 23.9 Å². The fourth-order valence-electron chi connectivity index (χ4n) is 2.02. The van der Waals surface area contributed by atoms with Crippen LogP contribution < -0.4 is 0 Å². The van der Waals surface area contributed by atoms with Crippen molar-refractivity contribution in [3.05, 3.63) is 54.0 Å². The second-order valence-corrected chi connectivity index (χ2v) is 5.44. The first kappa shape index (κ1) is 12.2. The van der Waals surface area contributed by atoms with Crippen molar-refractivity contribution in [2.45, 2.75) is 23.1 Å². The van der Waals surface area contributed by atoms with Gasteiger partial charge >= 0.3 is 0 Å². The number of halogens is 1. The zero-order chi connectivity index (χ0) is 13.2. The van der Waals surface area contributed by atoms with Crippen LogP contribution in [-0.4, -0.2) is 10.2 Å². The van der Waals surface area contributed by atoms with Gasteiger partial charge in [-0.3, -0.25) is 5.10 Å². The van der Waals surface area contributed by atoms with Gasteiger partial charge in [0.2, 0.25) is 0 Å². The van der Waals surface area contributed by atoms with Crippen molar-refractivity contribution < 1.29 is 4.39 Å². The standard InChI is InChI=1S/C15H13FN2S/c1-2-14-13-8-7-12(9-15(13)18-17-14)19-11-5-3-10(16)4-6-11/h3-9H,2H2,1H3,(H,17,18). The minimum atomic E-state index is -0.209. The monoisotopic (exact) mass is 272 g/mol. The lowest BCUT2D eigenvalue weighted by atomic mass is 10.2. The Morgan fingerprint density at radius 3 is 2.58 bits per heavy atom. The van der Waals surface area contributed by atoms with Gasteiger partial charge in [-0.2, -0.15) is 5.10 Å². The molecule has 0 atom stereocenters. The fourth-order valence-corrected chi connectivity index (χ4v) is 2.87. The molecule has 4 heteroatoms. The van der Waals surface area contributed by atoms with Crippen molar-refractivity contribution in [1.82, 2.24) is 10.2 Å². The number of hydrogen-bond acceptors (Lipinski definition) is 2. The maximum absolute atomic E-state index is 12.9. The molecule has 0 aliphatic carbocycles. The van der Waals surface area contributed by atoms with Gasteiger partial charge in [-0.15, -0.1) is 0 Å². The summed E-state index contributed by atoms with van der Waals surface area (Å²) in [4.78, 5) is 2.13. The van der Waals surface area contributed by atoms with Crippen molar-refractivity contribution in [1.29, 1.82) is 0 Å². The van der Waals surface area contributed by atoms with E-state index in [9.17, 15) is 4.39 Å². The normalized spacial score (nSPS) is 11.1. The Hall–Kier alpha value is -1.81. The molecule has 19 heavy (non-hydrogen) atoms. The van der Waals surface area contributed by atoms with Gasteiger partial charge in [0.05, 0.1) is 5.52 Å². The highest BCUT2D eigenvalue weighted by Gasteiger charge is 2.05. The molecule has 0 saturated heterocycles. The largest absolute Gasteiger partial charge is 0.281 e. The lowest BCUT2D eigenvalue weighted by Gasteiger charge is -2.01. The van der Waals surface area contributed by atoms with E-state index < -0.39 is 0 Å². The molecular formula is C15H13FN2S. The van der Waals surface area contributed by atoms with Gasteiger partial charge in [0, 0.05) is 20.9 Å². The van der Waals surface area contributed by atoms with E-state index in [0.717, 1.165) is 27.4 Å². The molecule has 3 aromatic rings. The Balaban J connectivity index is 1.91. The lowest BCUT2D eigenvalue weighted by molar-refractivity contribution is 0.626. The minimum absolute atomic E-state index is 0.209. The zero-order valence-electron chi connectivity index (χ0n) is 10.5. The molecule has 0 bridgehead atoms. The van der Waals surface area contributed by atoms with E-state index >= 15 is 0 Å². The van der Waals surface area contributed by atoms with Gasteiger partial charge in [0.25, 0.3) is 0 Å². The van der Waals surface area contributed by atoms with Gasteiger partial charge in [-0.1, -0.05) is 18.7 Å². The summed E-state index contributed by atoms with van der Waals surface area (Å²) in [5.41, 5.74) is 2.14. The minimum Gasteiger partial charge on any atom is -0.281 e. The van der Waals surface area contributed by atoms with Crippen molar-refractivity contribution in [2.75, 3.05) is 0 Å². The summed E-state index contributed by atoms with van der Waals surface area (Å²) >= 11 is 1.61. The molecule has 0 unspecified atom stereocenters. The second kappa shape index (κ2) is 5.05. The average molecular weight is 272 g/mol. The molecule has 0 spiro atoms. The summed E-state index contributed by atoms with van der Waals surface area (Å²) in [6.45, 7) is 2.11. The van der Waals surface area contributed by atoms with E-state index in [-0.39, 0.29) is 5.82 Å². The summed E-state index contributed by atoms with van der Waals surface area (Å²) in [6.07, 6.45) is 0.945. The number of aryl methyl sites for hydroxylation is 1. The highest BCUT2D eigenvalue weighted by Crippen LogP contribution is 2.30. The summed E-state index contributed by atoms with van der Waals surface area (Å²) < 4.78 is 12.9. The second-order valence-electron chi connectivity index (χ2n) is 4.29. The van der Waals surface area contributed by atoms with Crippen molar-refractivity contribution >= 4 is 22.7 Å². The van der Waals surface area contributed by atoms with Crippen LogP contribution in [0.2, 0.25) is 0 Å². The third-order valence-electron chi connectivity index (χ3n) is 3.01. The quantitative estimate of drug-likeness (QED) is 0.764. The fraction of sp³-hybridized carbons (Fsp3) is 0.133. The Labute approximate surface area is 115 Å². The van der Waals surface area contributed by atoms with E-state index in [1.165, 1.54) is 17.5 Å². The number of nitrogens with zero attached hydrogens (tertiary/aromatic N) is 1. The molecule has 1 aromatic heterocycles. The van der Waals surface area contributed by atoms with Gasteiger partial charge in [-0.05, 0) is 48.9 Å². The van der Waals surface area contributed by atoms with Crippen LogP contribution in [0.25, 0.3) is 10.9 Å². The summed E-state index contributed by atoms with van der Waals surface area (Å²) in [6, 6.07) is 12.7.